The second-order valence-corrected chi connectivity index (χ2v) is 11.6. The quantitative estimate of drug-likeness (QED) is 0.257. The van der Waals surface area contributed by atoms with Crippen molar-refractivity contribution in [1.29, 1.82) is 0 Å². The van der Waals surface area contributed by atoms with E-state index in [1.165, 1.54) is 11.8 Å². The van der Waals surface area contributed by atoms with Crippen LogP contribution in [0.25, 0.3) is 4.91 Å². The number of amides is 1. The average Bonchev–Trinajstić information content (AvgIpc) is 3.35. The molecule has 42 heavy (non-hydrogen) atoms. The lowest BCUT2D eigenvalue weighted by Crippen LogP contribution is -2.40. The Morgan fingerprint density at radius 2 is 1.67 bits per heavy atom. The van der Waals surface area contributed by atoms with Gasteiger partial charge in [0.05, 0.1) is 34.5 Å². The summed E-state index contributed by atoms with van der Waals surface area (Å²) in [5, 5.41) is 5.02. The number of carbonyl (C=O) groups is 1. The molecule has 6 nitrogen and oxygen atoms in total. The van der Waals surface area contributed by atoms with E-state index in [9.17, 15) is 4.79 Å². The number of aliphatic imine (C=N–C) groups is 1. The smallest absolute Gasteiger partial charge is 0.251 e. The molecule has 0 aromatic heterocycles. The van der Waals surface area contributed by atoms with E-state index in [0.29, 0.717) is 28.6 Å². The lowest BCUT2D eigenvalue weighted by molar-refractivity contribution is -0.118. The summed E-state index contributed by atoms with van der Waals surface area (Å²) < 4.78 is 5.42. The topological polar surface area (TPSA) is 57.2 Å². The third-order valence-corrected chi connectivity index (χ3v) is 8.36. The zero-order valence-electron chi connectivity index (χ0n) is 23.3. The number of allylic oxidation sites excluding steroid dienone is 1. The van der Waals surface area contributed by atoms with Crippen molar-refractivity contribution in [3.63, 3.8) is 0 Å². The number of amidine groups is 1. The van der Waals surface area contributed by atoms with Crippen molar-refractivity contribution in [1.82, 2.24) is 15.1 Å². The molecule has 0 bridgehead atoms. The van der Waals surface area contributed by atoms with Gasteiger partial charge in [0.1, 0.15) is 5.75 Å². The number of rotatable bonds is 9. The van der Waals surface area contributed by atoms with Crippen molar-refractivity contribution in [2.24, 2.45) is 4.99 Å². The first-order valence-corrected chi connectivity index (χ1v) is 14.5. The van der Waals surface area contributed by atoms with Crippen molar-refractivity contribution in [2.45, 2.75) is 12.5 Å². The molecule has 5 rings (SSSR count). The van der Waals surface area contributed by atoms with Crippen LogP contribution in [0.1, 0.15) is 22.7 Å². The van der Waals surface area contributed by atoms with Crippen LogP contribution >= 0.6 is 59.8 Å². The molecule has 0 radical (unpaired) electrons. The first-order valence-electron chi connectivity index (χ1n) is 12.9. The highest BCUT2D eigenvalue weighted by atomic mass is 35.5. The second kappa shape index (κ2) is 15.2. The summed E-state index contributed by atoms with van der Waals surface area (Å²) in [6, 6.07) is 23.0. The largest absolute Gasteiger partial charge is 0.497 e. The van der Waals surface area contributed by atoms with Gasteiger partial charge in [-0.2, -0.15) is 0 Å². The molecule has 0 spiro atoms. The zero-order chi connectivity index (χ0) is 28.2. The highest BCUT2D eigenvalue weighted by molar-refractivity contribution is 8.22. The van der Waals surface area contributed by atoms with E-state index in [0.717, 1.165) is 44.8 Å². The Kier molecular flexibility index (Phi) is 12.2. The molecule has 0 saturated carbocycles. The molecule has 0 aliphatic carbocycles. The number of nitrogens with one attached hydrogen (secondary N) is 1. The van der Waals surface area contributed by atoms with Crippen LogP contribution in [-0.2, 0) is 11.2 Å². The summed E-state index contributed by atoms with van der Waals surface area (Å²) in [5.41, 5.74) is 4.11. The molecule has 1 atom stereocenters. The zero-order valence-corrected chi connectivity index (χ0v) is 27.3. The number of nitrogens with zero attached hydrogens (tertiary/aromatic N) is 3. The van der Waals surface area contributed by atoms with E-state index < -0.39 is 6.04 Å². The first kappa shape index (κ1) is 33.8. The number of thioether (sulfide) groups is 1. The fourth-order valence-electron chi connectivity index (χ4n) is 4.73. The molecule has 1 amide bonds. The summed E-state index contributed by atoms with van der Waals surface area (Å²) in [7, 11) is 5.61. The van der Waals surface area contributed by atoms with Crippen molar-refractivity contribution < 1.29 is 9.53 Å². The first-order chi connectivity index (χ1) is 19.4. The van der Waals surface area contributed by atoms with Crippen molar-refractivity contribution in [3.05, 3.63) is 117 Å². The van der Waals surface area contributed by atoms with E-state index in [1.807, 2.05) is 85.9 Å². The van der Waals surface area contributed by atoms with E-state index in [2.05, 4.69) is 22.3 Å². The average molecular weight is 667 g/mol. The number of hydrogen-bond acceptors (Lipinski definition) is 6. The number of fused-ring (bicyclic) bond motifs is 1. The van der Waals surface area contributed by atoms with Gasteiger partial charge in [-0.15, -0.1) is 24.8 Å². The second-order valence-electron chi connectivity index (χ2n) is 9.75. The Labute approximate surface area is 273 Å². The van der Waals surface area contributed by atoms with Gasteiger partial charge in [0.2, 0.25) is 0 Å². The normalized spacial score (nSPS) is 15.8. The Bertz CT molecular complexity index is 1470. The lowest BCUT2D eigenvalue weighted by Gasteiger charge is -2.34. The van der Waals surface area contributed by atoms with Crippen LogP contribution in [0.3, 0.4) is 0 Å². The van der Waals surface area contributed by atoms with Gasteiger partial charge in [-0.3, -0.25) is 4.79 Å². The van der Waals surface area contributed by atoms with E-state index in [1.54, 1.807) is 7.11 Å². The highest BCUT2D eigenvalue weighted by Gasteiger charge is 2.40. The summed E-state index contributed by atoms with van der Waals surface area (Å²) in [6.45, 7) is 1.24. The van der Waals surface area contributed by atoms with Gasteiger partial charge in [-0.1, -0.05) is 71.7 Å². The third-order valence-electron chi connectivity index (χ3n) is 6.72. The van der Waals surface area contributed by atoms with Crippen molar-refractivity contribution >= 4 is 75.8 Å². The maximum Gasteiger partial charge on any atom is 0.251 e. The van der Waals surface area contributed by atoms with E-state index >= 15 is 0 Å². The van der Waals surface area contributed by atoms with Gasteiger partial charge >= 0.3 is 0 Å². The minimum Gasteiger partial charge on any atom is -0.497 e. The molecule has 1 N–H and O–H groups in total. The Morgan fingerprint density at radius 1 is 1.00 bits per heavy atom. The number of benzene rings is 3. The summed E-state index contributed by atoms with van der Waals surface area (Å²) >= 11 is 14.7. The molecule has 2 aliphatic rings. The van der Waals surface area contributed by atoms with Gasteiger partial charge in [-0.05, 0) is 61.2 Å². The SMILES string of the molecule is COc1ccc(C2C(C(=O)NCCN(C)C)=C(Cc3ccccc3)N=C3SC(c4c(Cl)cccc4Cl)=CN32)cc1.Cl.Cl. The number of methoxy groups -OCH3 is 1. The predicted octanol–water partition coefficient (Wildman–Crippen LogP) is 7.48. The van der Waals surface area contributed by atoms with Gasteiger partial charge in [0.25, 0.3) is 5.91 Å². The standard InChI is InChI=1S/C31H30Cl2N4O2S.2ClH/c1-36(2)17-16-34-30(38)28-25(18-20-8-5-4-6-9-20)35-31-37(29(28)21-12-14-22(39-3)15-13-21)19-26(40-31)27-23(32)10-7-11-24(27)33;;/h4-15,19,29H,16-18H2,1-3H3,(H,34,38);2*1H. The Morgan fingerprint density at radius 3 is 2.29 bits per heavy atom. The fourth-order valence-corrected chi connectivity index (χ4v) is 6.54. The molecule has 1 unspecified atom stereocenters. The van der Waals surface area contributed by atoms with Crippen LogP contribution in [0.5, 0.6) is 5.75 Å². The van der Waals surface area contributed by atoms with E-state index in [-0.39, 0.29) is 30.7 Å². The number of ether oxygens (including phenoxy) is 1. The van der Waals surface area contributed by atoms with Crippen LogP contribution in [0.15, 0.2) is 95.3 Å². The highest BCUT2D eigenvalue weighted by Crippen LogP contribution is 2.49. The molecule has 0 saturated heterocycles. The molecule has 11 heteroatoms. The third kappa shape index (κ3) is 7.46. The van der Waals surface area contributed by atoms with E-state index in [4.69, 9.17) is 32.9 Å². The summed E-state index contributed by atoms with van der Waals surface area (Å²) in [6.07, 6.45) is 2.52. The molecule has 0 fully saturated rings. The molecule has 2 heterocycles. The van der Waals surface area contributed by atoms with Gasteiger partial charge < -0.3 is 19.9 Å². The van der Waals surface area contributed by atoms with Crippen LogP contribution in [0, 0.1) is 0 Å². The maximum atomic E-state index is 14.0. The number of likely N-dealkylation sites (N-methyl/N-ethyl adjacent to an activating group) is 1. The van der Waals surface area contributed by atoms with Gasteiger partial charge in [-0.25, -0.2) is 4.99 Å². The monoisotopic (exact) mass is 664 g/mol. The summed E-state index contributed by atoms with van der Waals surface area (Å²) in [5.74, 6) is 0.604. The molecule has 2 aliphatic heterocycles. The van der Waals surface area contributed by atoms with Crippen LogP contribution in [0.2, 0.25) is 10.0 Å². The van der Waals surface area contributed by atoms with Crippen LogP contribution in [0.4, 0.5) is 0 Å². The number of halogens is 4. The maximum absolute atomic E-state index is 14.0. The minimum atomic E-state index is -0.414. The lowest BCUT2D eigenvalue weighted by atomic mass is 9.91. The van der Waals surface area contributed by atoms with Crippen LogP contribution in [-0.4, -0.2) is 55.2 Å². The van der Waals surface area contributed by atoms with Gasteiger partial charge in [0, 0.05) is 36.2 Å². The molecule has 222 valence electrons. The molecule has 3 aromatic rings. The van der Waals surface area contributed by atoms with Crippen molar-refractivity contribution in [2.75, 3.05) is 34.3 Å². The molecule has 3 aromatic carbocycles. The predicted molar refractivity (Wildman–Crippen MR) is 180 cm³/mol. The molecular formula is C31H32Cl4N4O2S. The summed E-state index contributed by atoms with van der Waals surface area (Å²) in [4.78, 5) is 24.0. The van der Waals surface area contributed by atoms with Crippen LogP contribution < -0.4 is 10.1 Å². The van der Waals surface area contributed by atoms with Crippen molar-refractivity contribution in [3.8, 4) is 5.75 Å². The fraction of sp³-hybridized carbons (Fsp3) is 0.226. The Hall–Kier alpha value is -2.65. The van der Waals surface area contributed by atoms with Gasteiger partial charge in [0.15, 0.2) is 5.17 Å². The molecular weight excluding hydrogens is 634 g/mol. The Balaban J connectivity index is 0.00000242. The minimum absolute atomic E-state index is 0. The number of carbonyl (C=O) groups excluding carboxylic acids is 1. The number of hydrogen-bond donors (Lipinski definition) is 1.